The summed E-state index contributed by atoms with van der Waals surface area (Å²) in [6.07, 6.45) is 1.89. The molecule has 0 spiro atoms. The molecule has 0 aliphatic heterocycles. The van der Waals surface area contributed by atoms with Crippen LogP contribution in [0.25, 0.3) is 0 Å². The molecule has 2 rings (SSSR count). The quantitative estimate of drug-likeness (QED) is 0.0618. The first kappa shape index (κ1) is 49.6. The molecular weight excluding hydrogens is 777 g/mol. The number of carboxylic acid groups (broad SMARTS) is 1. The predicted molar refractivity (Wildman–Crippen MR) is 221 cm³/mol. The third-order valence-corrected chi connectivity index (χ3v) is 8.94. The lowest BCUT2D eigenvalue weighted by Crippen LogP contribution is -2.60. The normalized spacial score (nSPS) is 13.6. The smallest absolute Gasteiger partial charge is 0.326 e. The number of primary amides is 1. The summed E-state index contributed by atoms with van der Waals surface area (Å²) in [6, 6.07) is 11.7. The molecule has 0 radical (unpaired) electrons. The van der Waals surface area contributed by atoms with Crippen molar-refractivity contribution >= 4 is 53.2 Å². The van der Waals surface area contributed by atoms with E-state index >= 15 is 0 Å². The summed E-state index contributed by atoms with van der Waals surface area (Å²) in [5.74, 6) is -8.03. The van der Waals surface area contributed by atoms with Gasteiger partial charge in [-0.25, -0.2) is 4.79 Å². The van der Waals surface area contributed by atoms with Crippen LogP contribution in [0.1, 0.15) is 59.1 Å². The Labute approximate surface area is 349 Å². The third kappa shape index (κ3) is 18.3. The number of benzene rings is 2. The van der Waals surface area contributed by atoms with Gasteiger partial charge in [0.15, 0.2) is 0 Å². The summed E-state index contributed by atoms with van der Waals surface area (Å²) in [5.41, 5.74) is 6.83. The Morgan fingerprint density at radius 1 is 0.550 bits per heavy atom. The zero-order valence-corrected chi connectivity index (χ0v) is 34.8. The van der Waals surface area contributed by atoms with E-state index in [1.807, 2.05) is 13.8 Å². The molecule has 0 aliphatic carbocycles. The first-order valence-corrected chi connectivity index (χ1v) is 19.6. The van der Waals surface area contributed by atoms with Crippen LogP contribution in [-0.2, 0) is 56.0 Å². The van der Waals surface area contributed by atoms with Crippen LogP contribution in [0.4, 0.5) is 0 Å². The van der Waals surface area contributed by atoms with Gasteiger partial charge in [0.05, 0.1) is 13.1 Å². The van der Waals surface area contributed by atoms with Crippen LogP contribution in [0, 0.1) is 17.8 Å². The lowest BCUT2D eigenvalue weighted by Gasteiger charge is -2.29. The molecule has 0 fully saturated rings. The molecule has 0 heterocycles. The van der Waals surface area contributed by atoms with E-state index in [1.54, 1.807) is 88.4 Å². The summed E-state index contributed by atoms with van der Waals surface area (Å²) in [7, 11) is 0. The summed E-state index contributed by atoms with van der Waals surface area (Å²) in [5, 5.41) is 26.9. The van der Waals surface area contributed by atoms with Gasteiger partial charge in [-0.15, -0.1) is 0 Å². The topological polar surface area (TPSA) is 284 Å². The minimum Gasteiger partial charge on any atom is -0.480 e. The number of nitrogens with one attached hydrogen (secondary N) is 7. The number of aliphatic carboxylic acids is 1. The van der Waals surface area contributed by atoms with Crippen LogP contribution in [0.2, 0.25) is 0 Å². The van der Waals surface area contributed by atoms with Crippen molar-refractivity contribution in [3.63, 3.8) is 0 Å². The van der Waals surface area contributed by atoms with Gasteiger partial charge in [0.2, 0.25) is 47.3 Å². The highest BCUT2D eigenvalue weighted by Gasteiger charge is 2.33. The van der Waals surface area contributed by atoms with Crippen molar-refractivity contribution in [2.24, 2.45) is 23.5 Å². The van der Waals surface area contributed by atoms with Crippen LogP contribution in [0.3, 0.4) is 0 Å². The van der Waals surface area contributed by atoms with Gasteiger partial charge in [0.25, 0.3) is 0 Å². The number of rotatable bonds is 24. The van der Waals surface area contributed by atoms with E-state index in [0.717, 1.165) is 12.2 Å². The van der Waals surface area contributed by atoms with Gasteiger partial charge in [-0.3, -0.25) is 38.4 Å². The Hall–Kier alpha value is -6.59. The van der Waals surface area contributed by atoms with Gasteiger partial charge in [-0.05, 0) is 35.3 Å². The van der Waals surface area contributed by atoms with Gasteiger partial charge < -0.3 is 48.1 Å². The fraction of sp³-hybridized carbons (Fsp3) is 0.452. The average Bonchev–Trinajstić information content (AvgIpc) is 3.18. The minimum atomic E-state index is -1.26. The Morgan fingerprint density at radius 3 is 1.53 bits per heavy atom. The molecule has 0 saturated carbocycles. The monoisotopic (exact) mass is 834 g/mol. The number of amides is 8. The zero-order valence-electron chi connectivity index (χ0n) is 34.8. The van der Waals surface area contributed by atoms with Crippen molar-refractivity contribution in [2.75, 3.05) is 13.1 Å². The zero-order chi connectivity index (χ0) is 44.9. The van der Waals surface area contributed by atoms with Crippen LogP contribution in [0.5, 0.6) is 0 Å². The van der Waals surface area contributed by atoms with Gasteiger partial charge >= 0.3 is 5.97 Å². The van der Waals surface area contributed by atoms with E-state index in [4.69, 9.17) is 5.73 Å². The van der Waals surface area contributed by atoms with Crippen LogP contribution >= 0.6 is 0 Å². The number of carboxylic acids is 1. The predicted octanol–water partition coefficient (Wildman–Crippen LogP) is -0.388. The highest BCUT2D eigenvalue weighted by atomic mass is 16.4. The molecule has 2 aromatic carbocycles. The Balaban J connectivity index is 2.06. The standard InChI is InChI=1S/C42H58N8O10/c1-24(2)19-29(40(57)50-37(26(5)6)41(58)49-36(25(3)4)38(43)55)48-39(56)30(20-27-13-9-7-10-14-27)46-33(52)18-17-32(51)44-22-34(53)45-23-35(54)47-31(42(59)60)21-28-15-11-8-12-16-28/h7-18,24-26,29-31,36-37H,19-23H2,1-6H3,(H2,43,55)(H,44,51)(H,45,53)(H,46,52)(H,47,54)(H,48,56)(H,49,58)(H,50,57)(H,59,60). The first-order valence-electron chi connectivity index (χ1n) is 19.6. The molecule has 5 unspecified atom stereocenters. The molecule has 2 aromatic rings. The van der Waals surface area contributed by atoms with Crippen molar-refractivity contribution in [1.82, 2.24) is 37.2 Å². The molecule has 60 heavy (non-hydrogen) atoms. The fourth-order valence-electron chi connectivity index (χ4n) is 5.77. The second-order valence-corrected chi connectivity index (χ2v) is 15.3. The second kappa shape index (κ2) is 25.0. The number of carbonyl (C=O) groups excluding carboxylic acids is 8. The van der Waals surface area contributed by atoms with Crippen molar-refractivity contribution < 1.29 is 48.3 Å². The number of nitrogens with two attached hydrogens (primary N) is 1. The maximum atomic E-state index is 13.8. The lowest BCUT2D eigenvalue weighted by molar-refractivity contribution is -0.141. The van der Waals surface area contributed by atoms with Gasteiger partial charge in [0.1, 0.15) is 30.2 Å². The van der Waals surface area contributed by atoms with E-state index in [2.05, 4.69) is 37.2 Å². The van der Waals surface area contributed by atoms with E-state index in [9.17, 15) is 48.3 Å². The Kier molecular flexibility index (Phi) is 20.7. The minimum absolute atomic E-state index is 0.00240. The Morgan fingerprint density at radius 2 is 1.03 bits per heavy atom. The Bertz CT molecular complexity index is 1840. The maximum absolute atomic E-state index is 13.8. The molecule has 10 N–H and O–H groups in total. The van der Waals surface area contributed by atoms with E-state index in [-0.39, 0.29) is 31.1 Å². The average molecular weight is 835 g/mol. The molecule has 0 aromatic heterocycles. The molecule has 0 saturated heterocycles. The van der Waals surface area contributed by atoms with E-state index in [0.29, 0.717) is 11.1 Å². The van der Waals surface area contributed by atoms with Crippen LogP contribution in [0.15, 0.2) is 72.8 Å². The van der Waals surface area contributed by atoms with Crippen LogP contribution < -0.4 is 43.0 Å². The third-order valence-electron chi connectivity index (χ3n) is 8.94. The summed E-state index contributed by atoms with van der Waals surface area (Å²) in [6.45, 7) is 9.38. The summed E-state index contributed by atoms with van der Waals surface area (Å²) < 4.78 is 0. The number of hydrogen-bond donors (Lipinski definition) is 9. The molecule has 5 atom stereocenters. The highest BCUT2D eigenvalue weighted by Crippen LogP contribution is 2.11. The van der Waals surface area contributed by atoms with Crippen molar-refractivity contribution in [3.8, 4) is 0 Å². The molecule has 8 amide bonds. The maximum Gasteiger partial charge on any atom is 0.326 e. The first-order chi connectivity index (χ1) is 28.3. The van der Waals surface area contributed by atoms with E-state index < -0.39 is 102 Å². The molecular formula is C42H58N8O10. The van der Waals surface area contributed by atoms with E-state index in [1.165, 1.54) is 0 Å². The van der Waals surface area contributed by atoms with Gasteiger partial charge in [0, 0.05) is 25.0 Å². The molecule has 18 heteroatoms. The fourth-order valence-corrected chi connectivity index (χ4v) is 5.77. The molecule has 326 valence electrons. The number of carbonyl (C=O) groups is 9. The SMILES string of the molecule is CC(C)CC(NC(=O)C(Cc1ccccc1)NC(=O)C=CC(=O)NCC(=O)NCC(=O)NC(Cc1ccccc1)C(=O)O)C(=O)NC(C(=O)NC(C(N)=O)C(C)C)C(C)C. The highest BCUT2D eigenvalue weighted by molar-refractivity contribution is 6.00. The van der Waals surface area contributed by atoms with Crippen molar-refractivity contribution in [2.45, 2.75) is 91.0 Å². The van der Waals surface area contributed by atoms with Crippen LogP contribution in [-0.4, -0.2) is 102 Å². The lowest BCUT2D eigenvalue weighted by atomic mass is 9.98. The summed E-state index contributed by atoms with van der Waals surface area (Å²) in [4.78, 5) is 114. The molecule has 0 aliphatic rings. The molecule has 0 bridgehead atoms. The number of hydrogen-bond acceptors (Lipinski definition) is 9. The second-order valence-electron chi connectivity index (χ2n) is 15.3. The van der Waals surface area contributed by atoms with Crippen molar-refractivity contribution in [3.05, 3.63) is 83.9 Å². The van der Waals surface area contributed by atoms with Gasteiger partial charge in [-0.2, -0.15) is 0 Å². The van der Waals surface area contributed by atoms with Crippen molar-refractivity contribution in [1.29, 1.82) is 0 Å². The molecule has 18 nitrogen and oxygen atoms in total. The van der Waals surface area contributed by atoms with Gasteiger partial charge in [-0.1, -0.05) is 102 Å². The summed E-state index contributed by atoms with van der Waals surface area (Å²) >= 11 is 0. The largest absolute Gasteiger partial charge is 0.480 e.